The molecular formula is C16H19ClN2S2. The zero-order valence-corrected chi connectivity index (χ0v) is 14.8. The van der Waals surface area contributed by atoms with Crippen LogP contribution in [0.4, 0.5) is 0 Å². The van der Waals surface area contributed by atoms with E-state index in [0.29, 0.717) is 6.04 Å². The van der Waals surface area contributed by atoms with Crippen LogP contribution in [0.5, 0.6) is 0 Å². The first-order chi connectivity index (χ1) is 10.0. The molecule has 1 aromatic carbocycles. The van der Waals surface area contributed by atoms with E-state index in [-0.39, 0.29) is 6.04 Å². The molecule has 1 aliphatic heterocycles. The van der Waals surface area contributed by atoms with E-state index in [1.54, 1.807) is 11.3 Å². The monoisotopic (exact) mass is 338 g/mol. The quantitative estimate of drug-likeness (QED) is 0.821. The Morgan fingerprint density at radius 2 is 2.19 bits per heavy atom. The maximum atomic E-state index is 6.18. The third-order valence-corrected chi connectivity index (χ3v) is 6.07. The average Bonchev–Trinajstić information content (AvgIpc) is 2.78. The SMILES string of the molecule is Cc1nc(C(C)NC2CCSc3ccc(Cl)cc32)c(C)s1. The molecule has 2 atom stereocenters. The summed E-state index contributed by atoms with van der Waals surface area (Å²) in [5.74, 6) is 1.15. The van der Waals surface area contributed by atoms with Gasteiger partial charge in [0.2, 0.25) is 0 Å². The van der Waals surface area contributed by atoms with Gasteiger partial charge in [0, 0.05) is 26.9 Å². The van der Waals surface area contributed by atoms with Crippen LogP contribution in [-0.4, -0.2) is 10.7 Å². The molecule has 2 nitrogen and oxygen atoms in total. The number of halogens is 1. The van der Waals surface area contributed by atoms with Crippen LogP contribution in [0.25, 0.3) is 0 Å². The minimum absolute atomic E-state index is 0.259. The molecule has 2 unspecified atom stereocenters. The summed E-state index contributed by atoms with van der Waals surface area (Å²) in [5, 5.41) is 5.70. The number of hydrogen-bond acceptors (Lipinski definition) is 4. The number of benzene rings is 1. The molecule has 1 N–H and O–H groups in total. The van der Waals surface area contributed by atoms with Gasteiger partial charge >= 0.3 is 0 Å². The fraction of sp³-hybridized carbons (Fsp3) is 0.438. The van der Waals surface area contributed by atoms with Gasteiger partial charge in [0.05, 0.1) is 10.7 Å². The number of aromatic nitrogens is 1. The Morgan fingerprint density at radius 1 is 1.38 bits per heavy atom. The number of nitrogens with one attached hydrogen (secondary N) is 1. The summed E-state index contributed by atoms with van der Waals surface area (Å²) in [6, 6.07) is 6.84. The number of thiazole rings is 1. The predicted molar refractivity (Wildman–Crippen MR) is 92.7 cm³/mol. The van der Waals surface area contributed by atoms with E-state index in [4.69, 9.17) is 11.6 Å². The summed E-state index contributed by atoms with van der Waals surface area (Å²) in [6.45, 7) is 6.42. The van der Waals surface area contributed by atoms with Gasteiger partial charge in [0.15, 0.2) is 0 Å². The number of rotatable bonds is 3. The van der Waals surface area contributed by atoms with Crippen LogP contribution in [0.2, 0.25) is 5.02 Å². The van der Waals surface area contributed by atoms with Crippen LogP contribution in [0.3, 0.4) is 0 Å². The minimum atomic E-state index is 0.259. The maximum Gasteiger partial charge on any atom is 0.0900 e. The van der Waals surface area contributed by atoms with Gasteiger partial charge in [-0.25, -0.2) is 4.98 Å². The van der Waals surface area contributed by atoms with Crippen molar-refractivity contribution in [2.75, 3.05) is 5.75 Å². The Kier molecular flexibility index (Phi) is 4.60. The summed E-state index contributed by atoms with van der Waals surface area (Å²) in [5.41, 5.74) is 2.51. The Hall–Kier alpha value is -0.550. The van der Waals surface area contributed by atoms with Crippen molar-refractivity contribution in [1.82, 2.24) is 10.3 Å². The smallest absolute Gasteiger partial charge is 0.0900 e. The molecule has 5 heteroatoms. The topological polar surface area (TPSA) is 24.9 Å². The van der Waals surface area contributed by atoms with Gasteiger partial charge in [0.25, 0.3) is 0 Å². The van der Waals surface area contributed by atoms with E-state index in [0.717, 1.165) is 22.2 Å². The highest BCUT2D eigenvalue weighted by Gasteiger charge is 2.24. The van der Waals surface area contributed by atoms with Crippen molar-refractivity contribution in [2.45, 2.75) is 44.2 Å². The standard InChI is InChI=1S/C16H19ClN2S2/c1-9(16-10(2)21-11(3)19-16)18-14-6-7-20-15-5-4-12(17)8-13(14)15/h4-5,8-9,14,18H,6-7H2,1-3H3. The highest BCUT2D eigenvalue weighted by molar-refractivity contribution is 7.99. The number of nitrogens with zero attached hydrogens (tertiary/aromatic N) is 1. The lowest BCUT2D eigenvalue weighted by Crippen LogP contribution is -2.27. The molecule has 112 valence electrons. The van der Waals surface area contributed by atoms with Crippen molar-refractivity contribution in [3.63, 3.8) is 0 Å². The van der Waals surface area contributed by atoms with E-state index >= 15 is 0 Å². The summed E-state index contributed by atoms with van der Waals surface area (Å²) in [6.07, 6.45) is 1.13. The highest BCUT2D eigenvalue weighted by Crippen LogP contribution is 2.38. The van der Waals surface area contributed by atoms with Crippen molar-refractivity contribution in [2.24, 2.45) is 0 Å². The third kappa shape index (κ3) is 3.29. The lowest BCUT2D eigenvalue weighted by atomic mass is 10.0. The molecule has 1 aromatic heterocycles. The number of thioether (sulfide) groups is 1. The number of fused-ring (bicyclic) bond motifs is 1. The van der Waals surface area contributed by atoms with E-state index < -0.39 is 0 Å². The fourth-order valence-corrected chi connectivity index (χ4v) is 5.07. The second-order valence-electron chi connectivity index (χ2n) is 5.43. The van der Waals surface area contributed by atoms with Crippen LogP contribution in [-0.2, 0) is 0 Å². The first kappa shape index (κ1) is 15.3. The number of aryl methyl sites for hydroxylation is 2. The van der Waals surface area contributed by atoms with E-state index in [1.807, 2.05) is 17.8 Å². The van der Waals surface area contributed by atoms with Crippen molar-refractivity contribution in [3.05, 3.63) is 44.4 Å². The highest BCUT2D eigenvalue weighted by atomic mass is 35.5. The third-order valence-electron chi connectivity index (χ3n) is 3.81. The maximum absolute atomic E-state index is 6.18. The lowest BCUT2D eigenvalue weighted by molar-refractivity contribution is 0.444. The molecule has 0 saturated carbocycles. The Bertz CT molecular complexity index is 654. The molecule has 0 spiro atoms. The van der Waals surface area contributed by atoms with Gasteiger partial charge in [-0.1, -0.05) is 11.6 Å². The summed E-state index contributed by atoms with van der Waals surface area (Å²) >= 11 is 9.87. The molecule has 0 bridgehead atoms. The molecule has 0 aliphatic carbocycles. The van der Waals surface area contributed by atoms with Crippen LogP contribution in [0.15, 0.2) is 23.1 Å². The lowest BCUT2D eigenvalue weighted by Gasteiger charge is -2.29. The van der Waals surface area contributed by atoms with Gasteiger partial charge in [-0.3, -0.25) is 0 Å². The normalized spacial score (nSPS) is 19.3. The van der Waals surface area contributed by atoms with Crippen molar-refractivity contribution < 1.29 is 0 Å². The molecule has 3 rings (SSSR count). The first-order valence-corrected chi connectivity index (χ1v) is 9.35. The summed E-state index contributed by atoms with van der Waals surface area (Å²) in [4.78, 5) is 7.33. The van der Waals surface area contributed by atoms with Crippen LogP contribution < -0.4 is 5.32 Å². The Morgan fingerprint density at radius 3 is 2.90 bits per heavy atom. The molecule has 0 saturated heterocycles. The van der Waals surface area contributed by atoms with Crippen molar-refractivity contribution in [1.29, 1.82) is 0 Å². The van der Waals surface area contributed by atoms with Crippen molar-refractivity contribution in [3.8, 4) is 0 Å². The molecule has 0 fully saturated rings. The predicted octanol–water partition coefficient (Wildman–Crippen LogP) is 5.30. The van der Waals surface area contributed by atoms with E-state index in [1.165, 1.54) is 21.0 Å². The van der Waals surface area contributed by atoms with Gasteiger partial charge in [-0.2, -0.15) is 0 Å². The van der Waals surface area contributed by atoms with Crippen LogP contribution in [0, 0.1) is 13.8 Å². The van der Waals surface area contributed by atoms with Crippen molar-refractivity contribution >= 4 is 34.7 Å². The van der Waals surface area contributed by atoms with Crippen LogP contribution in [0.1, 0.15) is 46.6 Å². The molecule has 2 heterocycles. The summed E-state index contributed by atoms with van der Waals surface area (Å²) < 4.78 is 0. The summed E-state index contributed by atoms with van der Waals surface area (Å²) in [7, 11) is 0. The zero-order valence-electron chi connectivity index (χ0n) is 12.4. The molecule has 2 aromatic rings. The largest absolute Gasteiger partial charge is 0.302 e. The van der Waals surface area contributed by atoms with E-state index in [9.17, 15) is 0 Å². The second kappa shape index (κ2) is 6.29. The Balaban J connectivity index is 1.83. The second-order valence-corrected chi connectivity index (χ2v) is 8.42. The molecule has 0 radical (unpaired) electrons. The molecule has 0 amide bonds. The van der Waals surface area contributed by atoms with E-state index in [2.05, 4.69) is 43.2 Å². The molecule has 1 aliphatic rings. The fourth-order valence-electron chi connectivity index (χ4n) is 2.87. The van der Waals surface area contributed by atoms with Gasteiger partial charge in [-0.15, -0.1) is 23.1 Å². The molecule has 21 heavy (non-hydrogen) atoms. The van der Waals surface area contributed by atoms with Gasteiger partial charge < -0.3 is 5.32 Å². The first-order valence-electron chi connectivity index (χ1n) is 7.17. The van der Waals surface area contributed by atoms with Gasteiger partial charge in [-0.05, 0) is 56.7 Å². The minimum Gasteiger partial charge on any atom is -0.302 e. The molecular weight excluding hydrogens is 320 g/mol. The Labute approximate surface area is 139 Å². The zero-order chi connectivity index (χ0) is 15.0. The number of hydrogen-bond donors (Lipinski definition) is 1. The average molecular weight is 339 g/mol. The van der Waals surface area contributed by atoms with Gasteiger partial charge in [0.1, 0.15) is 0 Å². The van der Waals surface area contributed by atoms with Crippen LogP contribution >= 0.6 is 34.7 Å².